The molecule has 1 heterocycles. The Morgan fingerprint density at radius 1 is 1.14 bits per heavy atom. The van der Waals surface area contributed by atoms with Gasteiger partial charge in [0.2, 0.25) is 5.91 Å². The first-order chi connectivity index (χ1) is 10.2. The van der Waals surface area contributed by atoms with E-state index in [4.69, 9.17) is 0 Å². The van der Waals surface area contributed by atoms with Crippen molar-refractivity contribution in [2.24, 2.45) is 0 Å². The molecule has 3 rings (SSSR count). The van der Waals surface area contributed by atoms with E-state index in [1.165, 1.54) is 0 Å². The zero-order chi connectivity index (χ0) is 14.9. The Bertz CT molecular complexity index is 562. The van der Waals surface area contributed by atoms with Crippen LogP contribution in [0.15, 0.2) is 24.3 Å². The summed E-state index contributed by atoms with van der Waals surface area (Å²) >= 11 is 0. The third-order valence-corrected chi connectivity index (χ3v) is 4.71. The lowest BCUT2D eigenvalue weighted by Crippen LogP contribution is -2.67. The van der Waals surface area contributed by atoms with Crippen molar-refractivity contribution in [3.05, 3.63) is 29.8 Å². The van der Waals surface area contributed by atoms with Crippen LogP contribution in [0.1, 0.15) is 44.6 Å². The minimum atomic E-state index is -0.658. The maximum Gasteiger partial charge on any atom is 0.253 e. The number of anilines is 1. The standard InChI is InChI=1S/C17H22N2O2/c1-2-13-8-4-5-9-14(13)19-12-15(20)18-17(16(19)21)10-6-3-7-11-17/h4-5,8-9H,2-3,6-7,10-12H2,1H3,(H,18,20). The third-order valence-electron chi connectivity index (χ3n) is 4.71. The lowest BCUT2D eigenvalue weighted by Gasteiger charge is -2.44. The second-order valence-corrected chi connectivity index (χ2v) is 6.06. The minimum absolute atomic E-state index is 0.0394. The molecule has 2 fully saturated rings. The van der Waals surface area contributed by atoms with Gasteiger partial charge in [-0.2, -0.15) is 0 Å². The molecule has 1 aliphatic carbocycles. The smallest absolute Gasteiger partial charge is 0.253 e. The van der Waals surface area contributed by atoms with E-state index >= 15 is 0 Å². The highest BCUT2D eigenvalue weighted by Crippen LogP contribution is 2.34. The molecule has 0 bridgehead atoms. The number of aryl methyl sites for hydroxylation is 1. The van der Waals surface area contributed by atoms with E-state index in [-0.39, 0.29) is 18.4 Å². The third kappa shape index (κ3) is 2.43. The summed E-state index contributed by atoms with van der Waals surface area (Å²) in [7, 11) is 0. The first-order valence-corrected chi connectivity index (χ1v) is 7.87. The summed E-state index contributed by atoms with van der Waals surface area (Å²) in [6, 6.07) is 7.89. The number of nitrogens with one attached hydrogen (secondary N) is 1. The van der Waals surface area contributed by atoms with Gasteiger partial charge in [0.05, 0.1) is 0 Å². The Hall–Kier alpha value is -1.84. The Morgan fingerprint density at radius 2 is 1.86 bits per heavy atom. The van der Waals surface area contributed by atoms with Crippen molar-refractivity contribution in [3.8, 4) is 0 Å². The van der Waals surface area contributed by atoms with Crippen LogP contribution in [-0.2, 0) is 16.0 Å². The quantitative estimate of drug-likeness (QED) is 0.907. The second kappa shape index (κ2) is 5.51. The van der Waals surface area contributed by atoms with Crippen LogP contribution in [0.2, 0.25) is 0 Å². The maximum absolute atomic E-state index is 13.0. The number of carbonyl (C=O) groups excluding carboxylic acids is 2. The summed E-state index contributed by atoms with van der Waals surface area (Å²) in [6.45, 7) is 2.21. The fourth-order valence-electron chi connectivity index (χ4n) is 3.60. The Labute approximate surface area is 125 Å². The van der Waals surface area contributed by atoms with Crippen LogP contribution in [0, 0.1) is 0 Å². The SMILES string of the molecule is CCc1ccccc1N1CC(=O)NC2(CCCCC2)C1=O. The molecule has 21 heavy (non-hydrogen) atoms. The number of hydrogen-bond acceptors (Lipinski definition) is 2. The largest absolute Gasteiger partial charge is 0.340 e. The Kier molecular flexibility index (Phi) is 3.70. The molecule has 1 aliphatic heterocycles. The summed E-state index contributed by atoms with van der Waals surface area (Å²) < 4.78 is 0. The first kappa shape index (κ1) is 14.1. The monoisotopic (exact) mass is 286 g/mol. The van der Waals surface area contributed by atoms with E-state index in [2.05, 4.69) is 12.2 Å². The number of piperazine rings is 1. The lowest BCUT2D eigenvalue weighted by molar-refractivity contribution is -0.137. The fraction of sp³-hybridized carbons (Fsp3) is 0.529. The molecular weight excluding hydrogens is 264 g/mol. The van der Waals surface area contributed by atoms with Crippen molar-refractivity contribution in [2.75, 3.05) is 11.4 Å². The zero-order valence-corrected chi connectivity index (χ0v) is 12.5. The zero-order valence-electron chi connectivity index (χ0n) is 12.5. The molecule has 2 aliphatic rings. The summed E-state index contributed by atoms with van der Waals surface area (Å²) in [4.78, 5) is 26.9. The Morgan fingerprint density at radius 3 is 2.57 bits per heavy atom. The van der Waals surface area contributed by atoms with Gasteiger partial charge in [-0.05, 0) is 30.9 Å². The molecule has 0 unspecified atom stereocenters. The topological polar surface area (TPSA) is 49.4 Å². The van der Waals surface area contributed by atoms with Gasteiger partial charge in [0.15, 0.2) is 0 Å². The number of amides is 2. The molecular formula is C17H22N2O2. The van der Waals surface area contributed by atoms with Gasteiger partial charge >= 0.3 is 0 Å². The van der Waals surface area contributed by atoms with Crippen LogP contribution in [0.5, 0.6) is 0 Å². The van der Waals surface area contributed by atoms with E-state index in [0.717, 1.165) is 49.8 Å². The number of benzene rings is 1. The van der Waals surface area contributed by atoms with Crippen LogP contribution in [0.4, 0.5) is 5.69 Å². The minimum Gasteiger partial charge on any atom is -0.340 e. The van der Waals surface area contributed by atoms with Crippen LogP contribution in [0.25, 0.3) is 0 Å². The van der Waals surface area contributed by atoms with Gasteiger partial charge in [-0.15, -0.1) is 0 Å². The molecule has 0 aromatic heterocycles. The van der Waals surface area contributed by atoms with Gasteiger partial charge in [0, 0.05) is 5.69 Å². The molecule has 1 aromatic rings. The molecule has 1 spiro atoms. The predicted octanol–water partition coefficient (Wildman–Crippen LogP) is 2.41. The van der Waals surface area contributed by atoms with Gasteiger partial charge in [0.1, 0.15) is 12.1 Å². The van der Waals surface area contributed by atoms with E-state index < -0.39 is 5.54 Å². The number of carbonyl (C=O) groups is 2. The van der Waals surface area contributed by atoms with Crippen LogP contribution in [0.3, 0.4) is 0 Å². The van der Waals surface area contributed by atoms with Gasteiger partial charge in [-0.3, -0.25) is 9.59 Å². The van der Waals surface area contributed by atoms with Gasteiger partial charge in [0.25, 0.3) is 5.91 Å². The van der Waals surface area contributed by atoms with Crippen molar-refractivity contribution >= 4 is 17.5 Å². The molecule has 112 valence electrons. The number of hydrogen-bond donors (Lipinski definition) is 1. The van der Waals surface area contributed by atoms with Crippen molar-refractivity contribution in [3.63, 3.8) is 0 Å². The van der Waals surface area contributed by atoms with Crippen LogP contribution >= 0.6 is 0 Å². The lowest BCUT2D eigenvalue weighted by atomic mass is 9.79. The highest BCUT2D eigenvalue weighted by molar-refractivity contribution is 6.09. The van der Waals surface area contributed by atoms with E-state index in [9.17, 15) is 9.59 Å². The van der Waals surface area contributed by atoms with Crippen molar-refractivity contribution in [1.82, 2.24) is 5.32 Å². The number of para-hydroxylation sites is 1. The normalized spacial score (nSPS) is 21.5. The fourth-order valence-corrected chi connectivity index (χ4v) is 3.60. The molecule has 0 atom stereocenters. The highest BCUT2D eigenvalue weighted by Gasteiger charge is 2.47. The van der Waals surface area contributed by atoms with E-state index in [1.54, 1.807) is 4.90 Å². The molecule has 0 radical (unpaired) electrons. The summed E-state index contributed by atoms with van der Waals surface area (Å²) in [6.07, 6.45) is 5.56. The molecule has 1 aromatic carbocycles. The molecule has 2 amide bonds. The van der Waals surface area contributed by atoms with Crippen molar-refractivity contribution in [1.29, 1.82) is 0 Å². The highest BCUT2D eigenvalue weighted by atomic mass is 16.2. The molecule has 4 heteroatoms. The predicted molar refractivity (Wildman–Crippen MR) is 82.1 cm³/mol. The van der Waals surface area contributed by atoms with Crippen molar-refractivity contribution in [2.45, 2.75) is 51.0 Å². The average molecular weight is 286 g/mol. The van der Waals surface area contributed by atoms with Crippen molar-refractivity contribution < 1.29 is 9.59 Å². The summed E-state index contributed by atoms with van der Waals surface area (Å²) in [5.74, 6) is 0.0325. The molecule has 1 N–H and O–H groups in total. The average Bonchev–Trinajstić information content (AvgIpc) is 2.52. The molecule has 1 saturated heterocycles. The van der Waals surface area contributed by atoms with Gasteiger partial charge in [-0.1, -0.05) is 44.4 Å². The second-order valence-electron chi connectivity index (χ2n) is 6.06. The number of rotatable bonds is 2. The molecule has 1 saturated carbocycles. The molecule has 4 nitrogen and oxygen atoms in total. The van der Waals surface area contributed by atoms with E-state index in [1.807, 2.05) is 24.3 Å². The van der Waals surface area contributed by atoms with Gasteiger partial charge in [-0.25, -0.2) is 0 Å². The van der Waals surface area contributed by atoms with Gasteiger partial charge < -0.3 is 10.2 Å². The van der Waals surface area contributed by atoms with E-state index in [0.29, 0.717) is 0 Å². The Balaban J connectivity index is 1.98. The summed E-state index contributed by atoms with van der Waals surface area (Å²) in [5, 5.41) is 2.99. The summed E-state index contributed by atoms with van der Waals surface area (Å²) in [5.41, 5.74) is 1.35. The number of nitrogens with zero attached hydrogens (tertiary/aromatic N) is 1. The van der Waals surface area contributed by atoms with Crippen LogP contribution in [-0.4, -0.2) is 23.9 Å². The van der Waals surface area contributed by atoms with Crippen LogP contribution < -0.4 is 10.2 Å². The maximum atomic E-state index is 13.0. The first-order valence-electron chi connectivity index (χ1n) is 7.87.